The molecule has 1 atom stereocenters. The molecule has 3 aromatic rings. The topological polar surface area (TPSA) is 78.7 Å². The Bertz CT molecular complexity index is 1230. The molecule has 1 aliphatic rings. The van der Waals surface area contributed by atoms with Crippen LogP contribution in [0.2, 0.25) is 0 Å². The smallest absolute Gasteiger partial charge is 0.295 e. The molecule has 1 aromatic heterocycles. The number of aryl methyl sites for hydroxylation is 3. The Labute approximate surface area is 200 Å². The van der Waals surface area contributed by atoms with Gasteiger partial charge in [-0.1, -0.05) is 29.8 Å². The third kappa shape index (κ3) is 4.46. The van der Waals surface area contributed by atoms with Gasteiger partial charge in [0.2, 0.25) is 0 Å². The molecule has 2 heterocycles. The van der Waals surface area contributed by atoms with Gasteiger partial charge >= 0.3 is 0 Å². The molecule has 1 amide bonds. The minimum absolute atomic E-state index is 0.127. The fourth-order valence-electron chi connectivity index (χ4n) is 4.39. The van der Waals surface area contributed by atoms with Crippen LogP contribution < -0.4 is 4.90 Å². The summed E-state index contributed by atoms with van der Waals surface area (Å²) in [5.74, 6) is -1.36. The van der Waals surface area contributed by atoms with Crippen LogP contribution >= 0.6 is 0 Å². The van der Waals surface area contributed by atoms with E-state index in [0.717, 1.165) is 22.4 Å². The number of imidazole rings is 1. The van der Waals surface area contributed by atoms with E-state index >= 15 is 0 Å². The van der Waals surface area contributed by atoms with Crippen molar-refractivity contribution in [3.63, 3.8) is 0 Å². The van der Waals surface area contributed by atoms with E-state index < -0.39 is 17.7 Å². The van der Waals surface area contributed by atoms with Crippen molar-refractivity contribution in [3.05, 3.63) is 89.0 Å². The largest absolute Gasteiger partial charge is 0.507 e. The fraction of sp³-hybridized carbons (Fsp3) is 0.296. The first kappa shape index (κ1) is 23.3. The standard InChI is InChI=1S/C27H30N4O3/c1-18-6-7-19(2)22(16-18)25(32)23-24(20-8-10-21(11-9-20)29(3)4)31(27(34)26(23)33)14-5-13-30-15-12-28-17-30/h6-12,15-17,24,32H,5,13-14H2,1-4H3. The summed E-state index contributed by atoms with van der Waals surface area (Å²) in [4.78, 5) is 34.0. The molecule has 0 aliphatic carbocycles. The monoisotopic (exact) mass is 458 g/mol. The van der Waals surface area contributed by atoms with E-state index in [2.05, 4.69) is 4.98 Å². The molecule has 1 N–H and O–H groups in total. The number of Topliss-reactive ketones (excluding diaryl/α,β-unsaturated/α-hetero) is 1. The molecule has 1 unspecified atom stereocenters. The van der Waals surface area contributed by atoms with Crippen LogP contribution in [0.15, 0.2) is 66.8 Å². The first-order valence-corrected chi connectivity index (χ1v) is 11.4. The number of aliphatic hydroxyl groups is 1. The summed E-state index contributed by atoms with van der Waals surface area (Å²) in [6, 6.07) is 12.8. The van der Waals surface area contributed by atoms with Crippen molar-refractivity contribution >= 4 is 23.1 Å². The van der Waals surface area contributed by atoms with Gasteiger partial charge in [0.1, 0.15) is 5.76 Å². The number of likely N-dealkylation sites (tertiary alicyclic amines) is 1. The van der Waals surface area contributed by atoms with Gasteiger partial charge in [0.25, 0.3) is 11.7 Å². The first-order chi connectivity index (χ1) is 16.3. The highest BCUT2D eigenvalue weighted by Gasteiger charge is 2.45. The number of ketones is 1. The van der Waals surface area contributed by atoms with Crippen molar-refractivity contribution in [2.24, 2.45) is 0 Å². The number of hydrogen-bond acceptors (Lipinski definition) is 5. The number of benzene rings is 2. The molecule has 0 radical (unpaired) electrons. The number of rotatable bonds is 7. The van der Waals surface area contributed by atoms with Gasteiger partial charge in [0.05, 0.1) is 17.9 Å². The third-order valence-electron chi connectivity index (χ3n) is 6.29. The number of carbonyl (C=O) groups is 2. The molecular formula is C27H30N4O3. The number of nitrogens with zero attached hydrogens (tertiary/aromatic N) is 4. The van der Waals surface area contributed by atoms with E-state index in [9.17, 15) is 14.7 Å². The van der Waals surface area contributed by atoms with Crippen LogP contribution in [0, 0.1) is 13.8 Å². The predicted octanol–water partition coefficient (Wildman–Crippen LogP) is 4.08. The van der Waals surface area contributed by atoms with Crippen LogP contribution in [0.3, 0.4) is 0 Å². The highest BCUT2D eigenvalue weighted by molar-refractivity contribution is 6.46. The van der Waals surface area contributed by atoms with E-state index in [-0.39, 0.29) is 11.3 Å². The molecule has 0 saturated carbocycles. The van der Waals surface area contributed by atoms with Gasteiger partial charge in [-0.3, -0.25) is 9.59 Å². The molecule has 4 rings (SSSR count). The lowest BCUT2D eigenvalue weighted by Crippen LogP contribution is -2.31. The number of hydrogen-bond donors (Lipinski definition) is 1. The molecule has 0 spiro atoms. The predicted molar refractivity (Wildman–Crippen MR) is 133 cm³/mol. The number of aliphatic hydroxyl groups excluding tert-OH is 1. The average Bonchev–Trinajstić information content (AvgIpc) is 3.42. The normalized spacial score (nSPS) is 17.4. The summed E-state index contributed by atoms with van der Waals surface area (Å²) in [6.07, 6.45) is 5.96. The van der Waals surface area contributed by atoms with Gasteiger partial charge in [-0.05, 0) is 49.6 Å². The van der Waals surface area contributed by atoms with Crippen molar-refractivity contribution in [2.45, 2.75) is 32.9 Å². The Hall–Kier alpha value is -3.87. The molecule has 0 bridgehead atoms. The Morgan fingerprint density at radius 3 is 2.44 bits per heavy atom. The molecule has 1 saturated heterocycles. The molecule has 1 aliphatic heterocycles. The van der Waals surface area contributed by atoms with E-state index in [1.807, 2.05) is 86.1 Å². The second kappa shape index (κ2) is 9.55. The Kier molecular flexibility index (Phi) is 6.54. The molecule has 7 nitrogen and oxygen atoms in total. The second-order valence-corrected chi connectivity index (χ2v) is 8.95. The molecule has 34 heavy (non-hydrogen) atoms. The third-order valence-corrected chi connectivity index (χ3v) is 6.29. The molecular weight excluding hydrogens is 428 g/mol. The zero-order chi connectivity index (χ0) is 24.4. The van der Waals surface area contributed by atoms with Crippen LogP contribution in [-0.4, -0.2) is 51.9 Å². The zero-order valence-corrected chi connectivity index (χ0v) is 20.0. The summed E-state index contributed by atoms with van der Waals surface area (Å²) >= 11 is 0. The Morgan fingerprint density at radius 2 is 1.79 bits per heavy atom. The SMILES string of the molecule is Cc1ccc(C)c(C(O)=C2C(=O)C(=O)N(CCCn3ccnc3)C2c2ccc(N(C)C)cc2)c1. The number of carbonyl (C=O) groups excluding carboxylic acids is 2. The quantitative estimate of drug-likeness (QED) is 0.328. The van der Waals surface area contributed by atoms with Crippen LogP contribution in [0.5, 0.6) is 0 Å². The van der Waals surface area contributed by atoms with Gasteiger partial charge < -0.3 is 19.5 Å². The Morgan fingerprint density at radius 1 is 1.06 bits per heavy atom. The van der Waals surface area contributed by atoms with Crippen LogP contribution in [0.25, 0.3) is 5.76 Å². The van der Waals surface area contributed by atoms with E-state index in [1.54, 1.807) is 17.4 Å². The summed E-state index contributed by atoms with van der Waals surface area (Å²) < 4.78 is 1.94. The summed E-state index contributed by atoms with van der Waals surface area (Å²) in [5.41, 5.74) is 4.32. The number of aromatic nitrogens is 2. The number of anilines is 1. The first-order valence-electron chi connectivity index (χ1n) is 11.4. The van der Waals surface area contributed by atoms with Crippen LogP contribution in [0.1, 0.15) is 34.7 Å². The minimum Gasteiger partial charge on any atom is -0.507 e. The summed E-state index contributed by atoms with van der Waals surface area (Å²) in [5, 5.41) is 11.3. The number of amides is 1. The van der Waals surface area contributed by atoms with Gasteiger partial charge in [-0.15, -0.1) is 0 Å². The molecule has 7 heteroatoms. The summed E-state index contributed by atoms with van der Waals surface area (Å²) in [6.45, 7) is 4.87. The van der Waals surface area contributed by atoms with Crippen molar-refractivity contribution in [1.29, 1.82) is 0 Å². The van der Waals surface area contributed by atoms with Crippen molar-refractivity contribution in [2.75, 3.05) is 25.5 Å². The van der Waals surface area contributed by atoms with Crippen molar-refractivity contribution < 1.29 is 14.7 Å². The minimum atomic E-state index is -0.654. The van der Waals surface area contributed by atoms with Gasteiger partial charge in [-0.2, -0.15) is 0 Å². The van der Waals surface area contributed by atoms with Crippen molar-refractivity contribution in [3.8, 4) is 0 Å². The average molecular weight is 459 g/mol. The molecule has 1 fully saturated rings. The lowest BCUT2D eigenvalue weighted by molar-refractivity contribution is -0.139. The maximum atomic E-state index is 13.2. The second-order valence-electron chi connectivity index (χ2n) is 8.95. The molecule has 176 valence electrons. The van der Waals surface area contributed by atoms with E-state index in [4.69, 9.17) is 0 Å². The van der Waals surface area contributed by atoms with Gasteiger partial charge in [-0.25, -0.2) is 4.98 Å². The Balaban J connectivity index is 1.77. The summed E-state index contributed by atoms with van der Waals surface area (Å²) in [7, 11) is 3.91. The highest BCUT2D eigenvalue weighted by Crippen LogP contribution is 2.40. The van der Waals surface area contributed by atoms with Crippen molar-refractivity contribution in [1.82, 2.24) is 14.5 Å². The lowest BCUT2D eigenvalue weighted by atomic mass is 9.93. The lowest BCUT2D eigenvalue weighted by Gasteiger charge is -2.26. The van der Waals surface area contributed by atoms with Gasteiger partial charge in [0, 0.05) is 50.8 Å². The zero-order valence-electron chi connectivity index (χ0n) is 20.0. The van der Waals surface area contributed by atoms with E-state index in [0.29, 0.717) is 25.1 Å². The maximum Gasteiger partial charge on any atom is 0.295 e. The van der Waals surface area contributed by atoms with Crippen LogP contribution in [0.4, 0.5) is 5.69 Å². The molecule has 2 aromatic carbocycles. The highest BCUT2D eigenvalue weighted by atomic mass is 16.3. The van der Waals surface area contributed by atoms with E-state index in [1.165, 1.54) is 0 Å². The fourth-order valence-corrected chi connectivity index (χ4v) is 4.39. The van der Waals surface area contributed by atoms with Gasteiger partial charge in [0.15, 0.2) is 0 Å². The maximum absolute atomic E-state index is 13.2. The van der Waals surface area contributed by atoms with Crippen LogP contribution in [-0.2, 0) is 16.1 Å².